The van der Waals surface area contributed by atoms with Crippen LogP contribution in [-0.4, -0.2) is 12.5 Å². The molecule has 2 rings (SSSR count). The maximum absolute atomic E-state index is 11.9. The molecule has 2 aromatic rings. The van der Waals surface area contributed by atoms with E-state index >= 15 is 0 Å². The van der Waals surface area contributed by atoms with Crippen LogP contribution in [0.4, 0.5) is 5.69 Å². The Morgan fingerprint density at radius 2 is 1.77 bits per heavy atom. The highest BCUT2D eigenvalue weighted by Crippen LogP contribution is 2.12. The fourth-order valence-corrected chi connectivity index (χ4v) is 2.49. The van der Waals surface area contributed by atoms with Gasteiger partial charge in [-0.05, 0) is 55.5 Å². The van der Waals surface area contributed by atoms with Gasteiger partial charge in [-0.1, -0.05) is 35.9 Å². The molecule has 3 heteroatoms. The maximum Gasteiger partial charge on any atom is 0.220 e. The van der Waals surface area contributed by atoms with Gasteiger partial charge in [0.2, 0.25) is 5.91 Å². The van der Waals surface area contributed by atoms with Gasteiger partial charge in [0.1, 0.15) is 0 Å². The summed E-state index contributed by atoms with van der Waals surface area (Å²) in [5.74, 6) is 0.107. The molecule has 0 saturated carbocycles. The first kappa shape index (κ1) is 16.1. The molecule has 0 spiro atoms. The zero-order valence-corrected chi connectivity index (χ0v) is 13.4. The lowest BCUT2D eigenvalue weighted by atomic mass is 10.0. The van der Waals surface area contributed by atoms with Crippen LogP contribution in [0.15, 0.2) is 42.5 Å². The summed E-state index contributed by atoms with van der Waals surface area (Å²) in [4.78, 5) is 11.9. The number of nitrogen functional groups attached to an aromatic ring is 1. The first-order valence-electron chi connectivity index (χ1n) is 7.72. The van der Waals surface area contributed by atoms with E-state index in [2.05, 4.69) is 37.4 Å². The van der Waals surface area contributed by atoms with Gasteiger partial charge >= 0.3 is 0 Å². The first-order valence-corrected chi connectivity index (χ1v) is 7.72. The molecule has 116 valence electrons. The van der Waals surface area contributed by atoms with Gasteiger partial charge in [0.25, 0.3) is 0 Å². The third-order valence-electron chi connectivity index (χ3n) is 3.84. The largest absolute Gasteiger partial charge is 0.399 e. The highest BCUT2D eigenvalue weighted by atomic mass is 16.1. The van der Waals surface area contributed by atoms with Crippen LogP contribution in [-0.2, 0) is 17.6 Å². The van der Waals surface area contributed by atoms with Gasteiger partial charge < -0.3 is 11.1 Å². The number of nitrogens with one attached hydrogen (secondary N) is 1. The number of aryl methyl sites for hydroxylation is 3. The average molecular weight is 296 g/mol. The lowest BCUT2D eigenvalue weighted by molar-refractivity contribution is -0.121. The van der Waals surface area contributed by atoms with E-state index in [0.29, 0.717) is 13.0 Å². The second-order valence-electron chi connectivity index (χ2n) is 5.77. The molecule has 0 aliphatic carbocycles. The summed E-state index contributed by atoms with van der Waals surface area (Å²) < 4.78 is 0. The van der Waals surface area contributed by atoms with Crippen molar-refractivity contribution in [1.82, 2.24) is 5.32 Å². The zero-order valence-electron chi connectivity index (χ0n) is 13.4. The number of carbonyl (C=O) groups is 1. The predicted octanol–water partition coefficient (Wildman–Crippen LogP) is 3.18. The van der Waals surface area contributed by atoms with Crippen molar-refractivity contribution in [3.63, 3.8) is 0 Å². The van der Waals surface area contributed by atoms with Crippen LogP contribution in [0.5, 0.6) is 0 Å². The average Bonchev–Trinajstić information content (AvgIpc) is 2.48. The third kappa shape index (κ3) is 4.92. The van der Waals surface area contributed by atoms with Crippen molar-refractivity contribution < 1.29 is 4.79 Å². The molecule has 0 bridgehead atoms. The number of rotatable bonds is 6. The van der Waals surface area contributed by atoms with E-state index in [1.807, 2.05) is 24.3 Å². The second-order valence-corrected chi connectivity index (χ2v) is 5.77. The fraction of sp³-hybridized carbons (Fsp3) is 0.316. The van der Waals surface area contributed by atoms with Crippen molar-refractivity contribution in [2.24, 2.45) is 0 Å². The Morgan fingerprint density at radius 1 is 1.05 bits per heavy atom. The molecule has 22 heavy (non-hydrogen) atoms. The van der Waals surface area contributed by atoms with Crippen molar-refractivity contribution in [3.8, 4) is 0 Å². The first-order chi connectivity index (χ1) is 10.5. The molecule has 0 heterocycles. The van der Waals surface area contributed by atoms with Crippen LogP contribution in [0.3, 0.4) is 0 Å². The van der Waals surface area contributed by atoms with E-state index in [4.69, 9.17) is 5.73 Å². The number of carbonyl (C=O) groups excluding carboxylic acids is 1. The molecule has 0 radical (unpaired) electrons. The number of amides is 1. The number of anilines is 1. The Balaban J connectivity index is 1.72. The van der Waals surface area contributed by atoms with Crippen LogP contribution in [0.1, 0.15) is 28.7 Å². The van der Waals surface area contributed by atoms with Gasteiger partial charge in [-0.25, -0.2) is 0 Å². The highest BCUT2D eigenvalue weighted by molar-refractivity contribution is 5.76. The minimum atomic E-state index is 0.107. The number of nitrogens with two attached hydrogens (primary N) is 1. The molecule has 0 aliphatic heterocycles. The molecular formula is C19H24N2O. The van der Waals surface area contributed by atoms with Gasteiger partial charge in [0.15, 0.2) is 0 Å². The van der Waals surface area contributed by atoms with Crippen LogP contribution >= 0.6 is 0 Å². The maximum atomic E-state index is 11.9. The smallest absolute Gasteiger partial charge is 0.220 e. The Kier molecular flexibility index (Phi) is 5.59. The Bertz CT molecular complexity index is 632. The van der Waals surface area contributed by atoms with E-state index in [1.165, 1.54) is 22.3 Å². The van der Waals surface area contributed by atoms with Crippen LogP contribution in [0.25, 0.3) is 0 Å². The molecule has 3 nitrogen and oxygen atoms in total. The number of hydrogen-bond donors (Lipinski definition) is 2. The van der Waals surface area contributed by atoms with E-state index < -0.39 is 0 Å². The van der Waals surface area contributed by atoms with E-state index in [9.17, 15) is 4.79 Å². The summed E-state index contributed by atoms with van der Waals surface area (Å²) in [7, 11) is 0. The lowest BCUT2D eigenvalue weighted by Gasteiger charge is -2.08. The normalized spacial score (nSPS) is 10.5. The topological polar surface area (TPSA) is 55.1 Å². The van der Waals surface area contributed by atoms with Gasteiger partial charge in [-0.3, -0.25) is 4.79 Å². The summed E-state index contributed by atoms with van der Waals surface area (Å²) in [5.41, 5.74) is 11.4. The molecule has 2 aromatic carbocycles. The Labute approximate surface area is 132 Å². The van der Waals surface area contributed by atoms with Crippen LogP contribution in [0.2, 0.25) is 0 Å². The predicted molar refractivity (Wildman–Crippen MR) is 91.8 cm³/mol. The van der Waals surface area contributed by atoms with Crippen molar-refractivity contribution in [2.75, 3.05) is 12.3 Å². The second kappa shape index (κ2) is 7.64. The van der Waals surface area contributed by atoms with Gasteiger partial charge in [0.05, 0.1) is 0 Å². The molecule has 0 aromatic heterocycles. The van der Waals surface area contributed by atoms with Crippen molar-refractivity contribution in [2.45, 2.75) is 33.1 Å². The van der Waals surface area contributed by atoms with Crippen molar-refractivity contribution in [1.29, 1.82) is 0 Å². The van der Waals surface area contributed by atoms with Gasteiger partial charge in [-0.2, -0.15) is 0 Å². The van der Waals surface area contributed by atoms with E-state index in [0.717, 1.165) is 18.5 Å². The molecular weight excluding hydrogens is 272 g/mol. The monoisotopic (exact) mass is 296 g/mol. The number of hydrogen-bond acceptors (Lipinski definition) is 2. The highest BCUT2D eigenvalue weighted by Gasteiger charge is 2.04. The zero-order chi connectivity index (χ0) is 15.9. The van der Waals surface area contributed by atoms with Crippen molar-refractivity contribution >= 4 is 11.6 Å². The quantitative estimate of drug-likeness (QED) is 0.804. The summed E-state index contributed by atoms with van der Waals surface area (Å²) >= 11 is 0. The molecule has 0 aliphatic rings. The summed E-state index contributed by atoms with van der Waals surface area (Å²) in [6, 6.07) is 14.1. The molecule has 0 fully saturated rings. The Hall–Kier alpha value is -2.29. The third-order valence-corrected chi connectivity index (χ3v) is 3.84. The summed E-state index contributed by atoms with van der Waals surface area (Å²) in [5, 5.41) is 2.98. The molecule has 0 unspecified atom stereocenters. The van der Waals surface area contributed by atoms with E-state index in [-0.39, 0.29) is 5.91 Å². The molecule has 3 N–H and O–H groups in total. The minimum Gasteiger partial charge on any atom is -0.399 e. The SMILES string of the molecule is Cc1ccc(CCC(=O)NCCc2ccc(N)cc2)c(C)c1. The van der Waals surface area contributed by atoms with Gasteiger partial charge in [-0.15, -0.1) is 0 Å². The molecule has 0 atom stereocenters. The Morgan fingerprint density at radius 3 is 2.45 bits per heavy atom. The molecule has 0 saturated heterocycles. The van der Waals surface area contributed by atoms with Crippen LogP contribution in [0, 0.1) is 13.8 Å². The molecule has 1 amide bonds. The summed E-state index contributed by atoms with van der Waals surface area (Å²) in [6.45, 7) is 4.84. The standard InChI is InChI=1S/C19H24N2O/c1-14-3-6-17(15(2)13-14)7-10-19(22)21-12-11-16-4-8-18(20)9-5-16/h3-6,8-9,13H,7,10-12,20H2,1-2H3,(H,21,22). The minimum absolute atomic E-state index is 0.107. The number of benzene rings is 2. The fourth-order valence-electron chi connectivity index (χ4n) is 2.49. The summed E-state index contributed by atoms with van der Waals surface area (Å²) in [6.07, 6.45) is 2.15. The van der Waals surface area contributed by atoms with E-state index in [1.54, 1.807) is 0 Å². The van der Waals surface area contributed by atoms with Crippen molar-refractivity contribution in [3.05, 3.63) is 64.7 Å². The van der Waals surface area contributed by atoms with Crippen LogP contribution < -0.4 is 11.1 Å². The lowest BCUT2D eigenvalue weighted by Crippen LogP contribution is -2.25. The van der Waals surface area contributed by atoms with Gasteiger partial charge in [0, 0.05) is 18.7 Å².